The van der Waals surface area contributed by atoms with Crippen molar-refractivity contribution in [3.05, 3.63) is 11.8 Å². The Bertz CT molecular complexity index is 717. The van der Waals surface area contributed by atoms with Crippen LogP contribution < -0.4 is 5.32 Å². The fourth-order valence-electron chi connectivity index (χ4n) is 2.67. The summed E-state index contributed by atoms with van der Waals surface area (Å²) >= 11 is 0. The minimum Gasteiger partial charge on any atom is -0.384 e. The van der Waals surface area contributed by atoms with Gasteiger partial charge < -0.3 is 9.26 Å². The van der Waals surface area contributed by atoms with Gasteiger partial charge in [-0.15, -0.1) is 0 Å². The summed E-state index contributed by atoms with van der Waals surface area (Å²) in [7, 11) is -1.97. The molecule has 1 aromatic rings. The lowest BCUT2D eigenvalue weighted by Crippen LogP contribution is -2.47. The normalized spacial score (nSPS) is 16.5. The molecule has 0 unspecified atom stereocenters. The van der Waals surface area contributed by atoms with Crippen LogP contribution in [-0.2, 0) is 24.8 Å². The molecule has 0 aromatic carbocycles. The molecule has 1 aromatic heterocycles. The number of carbonyl (C=O) groups is 1. The average Bonchev–Trinajstić information content (AvgIpc) is 2.92. The topological polar surface area (TPSA) is 98.5 Å². The summed E-state index contributed by atoms with van der Waals surface area (Å²) in [5.74, 6) is -0.255. The molecular formula is C17H28N2O5S. The lowest BCUT2D eigenvalue weighted by molar-refractivity contribution is -0.118. The summed E-state index contributed by atoms with van der Waals surface area (Å²) in [5, 5.41) is 6.50. The molecule has 7 nitrogen and oxygen atoms in total. The summed E-state index contributed by atoms with van der Waals surface area (Å²) in [6.07, 6.45) is 2.89. The maximum Gasteiger partial charge on any atom is 0.247 e. The third-order valence-corrected chi connectivity index (χ3v) is 7.60. The molecule has 0 atom stereocenters. The number of ether oxygens (including phenoxy) is 1. The zero-order chi connectivity index (χ0) is 18.9. The number of methoxy groups -OCH3 is 1. The van der Waals surface area contributed by atoms with Crippen molar-refractivity contribution in [2.45, 2.75) is 57.1 Å². The Balaban J connectivity index is 2.09. The van der Waals surface area contributed by atoms with Gasteiger partial charge in [0.2, 0.25) is 11.8 Å². The molecular weight excluding hydrogens is 344 g/mol. The van der Waals surface area contributed by atoms with Crippen molar-refractivity contribution < 1.29 is 22.5 Å². The second-order valence-corrected chi connectivity index (χ2v) is 10.5. The monoisotopic (exact) mass is 372 g/mol. The van der Waals surface area contributed by atoms with Crippen LogP contribution in [-0.4, -0.2) is 43.7 Å². The minimum atomic E-state index is -3.56. The zero-order valence-corrected chi connectivity index (χ0v) is 16.4. The van der Waals surface area contributed by atoms with Crippen LogP contribution in [0.15, 0.2) is 10.6 Å². The molecule has 0 bridgehead atoms. The van der Waals surface area contributed by atoms with Gasteiger partial charge in [0.1, 0.15) is 4.75 Å². The molecule has 1 aliphatic rings. The van der Waals surface area contributed by atoms with Gasteiger partial charge in [0.15, 0.2) is 9.84 Å². The molecule has 0 radical (unpaired) electrons. The smallest absolute Gasteiger partial charge is 0.247 e. The summed E-state index contributed by atoms with van der Waals surface area (Å²) in [4.78, 5) is 12.6. The standard InChI is InChI=1S/C17H28N2O5S/c1-16(2,11-23-5)13-9-14(24-19-13)18-15(20)17(3,4)25(21,22)10-12-7-6-8-12/h9,12H,6-8,10-11H2,1-5H3,(H,18,20). The molecule has 1 fully saturated rings. The molecule has 0 spiro atoms. The largest absolute Gasteiger partial charge is 0.384 e. The number of hydrogen-bond acceptors (Lipinski definition) is 6. The van der Waals surface area contributed by atoms with Crippen LogP contribution in [0.1, 0.15) is 52.7 Å². The van der Waals surface area contributed by atoms with Gasteiger partial charge in [-0.25, -0.2) is 8.42 Å². The highest BCUT2D eigenvalue weighted by molar-refractivity contribution is 7.93. The van der Waals surface area contributed by atoms with E-state index in [0.717, 1.165) is 19.3 Å². The van der Waals surface area contributed by atoms with Crippen molar-refractivity contribution in [1.29, 1.82) is 0 Å². The SMILES string of the molecule is COCC(C)(C)c1cc(NC(=O)C(C)(C)S(=O)(=O)CC2CCC2)on1. The van der Waals surface area contributed by atoms with Gasteiger partial charge in [-0.05, 0) is 32.6 Å². The average molecular weight is 372 g/mol. The molecule has 1 heterocycles. The van der Waals surface area contributed by atoms with Crippen molar-refractivity contribution in [2.75, 3.05) is 24.8 Å². The van der Waals surface area contributed by atoms with E-state index in [2.05, 4.69) is 10.5 Å². The number of nitrogens with one attached hydrogen (secondary N) is 1. The predicted molar refractivity (Wildman–Crippen MR) is 95.2 cm³/mol. The molecule has 1 saturated carbocycles. The van der Waals surface area contributed by atoms with Gasteiger partial charge in [0.25, 0.3) is 0 Å². The second-order valence-electron chi connectivity index (χ2n) is 7.94. The Morgan fingerprint density at radius 1 is 1.36 bits per heavy atom. The van der Waals surface area contributed by atoms with Crippen LogP contribution in [0.25, 0.3) is 0 Å². The minimum absolute atomic E-state index is 0.0515. The number of sulfone groups is 1. The van der Waals surface area contributed by atoms with E-state index in [1.807, 2.05) is 13.8 Å². The predicted octanol–water partition coefficient (Wildman–Crippen LogP) is 2.53. The number of rotatable bonds is 8. The first-order chi connectivity index (χ1) is 11.5. The molecule has 0 saturated heterocycles. The molecule has 1 aliphatic carbocycles. The van der Waals surface area contributed by atoms with Crippen molar-refractivity contribution in [3.63, 3.8) is 0 Å². The lowest BCUT2D eigenvalue weighted by atomic mass is 9.87. The summed E-state index contributed by atoms with van der Waals surface area (Å²) in [6, 6.07) is 1.60. The number of amides is 1. The van der Waals surface area contributed by atoms with Gasteiger partial charge in [-0.1, -0.05) is 25.4 Å². The van der Waals surface area contributed by atoms with Gasteiger partial charge in [-0.3, -0.25) is 10.1 Å². The highest BCUT2D eigenvalue weighted by Gasteiger charge is 2.43. The maximum atomic E-state index is 12.6. The van der Waals surface area contributed by atoms with Gasteiger partial charge in [0, 0.05) is 18.6 Å². The Hall–Kier alpha value is -1.41. The van der Waals surface area contributed by atoms with E-state index >= 15 is 0 Å². The third-order valence-electron chi connectivity index (χ3n) is 4.95. The van der Waals surface area contributed by atoms with Gasteiger partial charge >= 0.3 is 0 Å². The van der Waals surface area contributed by atoms with Crippen LogP contribution in [0.4, 0.5) is 5.88 Å². The van der Waals surface area contributed by atoms with Crippen molar-refractivity contribution in [3.8, 4) is 0 Å². The molecule has 142 valence electrons. The number of hydrogen-bond donors (Lipinski definition) is 1. The fraction of sp³-hybridized carbons (Fsp3) is 0.765. The Morgan fingerprint density at radius 2 is 2.00 bits per heavy atom. The van der Waals surface area contributed by atoms with Gasteiger partial charge in [-0.2, -0.15) is 0 Å². The summed E-state index contributed by atoms with van der Waals surface area (Å²) in [5.41, 5.74) is 0.243. The van der Waals surface area contributed by atoms with Crippen molar-refractivity contribution >= 4 is 21.6 Å². The van der Waals surface area contributed by atoms with E-state index < -0.39 is 20.5 Å². The molecule has 2 rings (SSSR count). The van der Waals surface area contributed by atoms with E-state index in [9.17, 15) is 13.2 Å². The molecule has 25 heavy (non-hydrogen) atoms. The van der Waals surface area contributed by atoms with E-state index in [1.54, 1.807) is 13.2 Å². The van der Waals surface area contributed by atoms with Crippen LogP contribution in [0, 0.1) is 5.92 Å². The first-order valence-corrected chi connectivity index (χ1v) is 10.1. The molecule has 1 N–H and O–H groups in total. The van der Waals surface area contributed by atoms with Crippen LogP contribution in [0.3, 0.4) is 0 Å². The first kappa shape index (κ1) is 19.9. The Labute approximate surface area is 149 Å². The van der Waals surface area contributed by atoms with Crippen molar-refractivity contribution in [2.24, 2.45) is 5.92 Å². The number of aromatic nitrogens is 1. The highest BCUT2D eigenvalue weighted by atomic mass is 32.2. The molecule has 8 heteroatoms. The van der Waals surface area contributed by atoms with E-state index in [0.29, 0.717) is 12.3 Å². The van der Waals surface area contributed by atoms with Gasteiger partial charge in [0.05, 0.1) is 18.1 Å². The Morgan fingerprint density at radius 3 is 2.52 bits per heavy atom. The third kappa shape index (κ3) is 4.23. The number of carbonyl (C=O) groups excluding carboxylic acids is 1. The zero-order valence-electron chi connectivity index (χ0n) is 15.6. The summed E-state index contributed by atoms with van der Waals surface area (Å²) < 4.78 is 34.0. The Kier molecular flexibility index (Phi) is 5.63. The number of anilines is 1. The van der Waals surface area contributed by atoms with E-state index in [4.69, 9.17) is 9.26 Å². The lowest BCUT2D eigenvalue weighted by Gasteiger charge is -2.30. The highest BCUT2D eigenvalue weighted by Crippen LogP contribution is 2.32. The quantitative estimate of drug-likeness (QED) is 0.753. The second kappa shape index (κ2) is 7.07. The van der Waals surface area contributed by atoms with E-state index in [1.165, 1.54) is 13.8 Å². The van der Waals surface area contributed by atoms with Crippen LogP contribution in [0.2, 0.25) is 0 Å². The fourth-order valence-corrected chi connectivity index (χ4v) is 4.37. The molecule has 1 amide bonds. The van der Waals surface area contributed by atoms with Crippen molar-refractivity contribution in [1.82, 2.24) is 5.16 Å². The molecule has 0 aliphatic heterocycles. The first-order valence-electron chi connectivity index (χ1n) is 8.49. The van der Waals surface area contributed by atoms with E-state index in [-0.39, 0.29) is 23.0 Å². The maximum absolute atomic E-state index is 12.6. The number of nitrogens with zero attached hydrogens (tertiary/aromatic N) is 1. The van der Waals surface area contributed by atoms with Crippen LogP contribution >= 0.6 is 0 Å². The van der Waals surface area contributed by atoms with Crippen LogP contribution in [0.5, 0.6) is 0 Å². The summed E-state index contributed by atoms with van der Waals surface area (Å²) in [6.45, 7) is 7.18.